The van der Waals surface area contributed by atoms with E-state index in [-0.39, 0.29) is 12.2 Å². The lowest BCUT2D eigenvalue weighted by Crippen LogP contribution is -2.59. The molecule has 3 fully saturated rings. The molecular formula is C21H34N2O4. The summed E-state index contributed by atoms with van der Waals surface area (Å²) in [5.41, 5.74) is 5.76. The molecule has 152 valence electrons. The molecule has 2 saturated heterocycles. The second-order valence-electron chi connectivity index (χ2n) is 8.08. The Kier molecular flexibility index (Phi) is 9.29. The molecule has 2 bridgehead atoms. The van der Waals surface area contributed by atoms with Crippen molar-refractivity contribution in [2.45, 2.75) is 71.2 Å². The number of methoxy groups -OCH3 is 1. The van der Waals surface area contributed by atoms with E-state index in [0.29, 0.717) is 12.1 Å². The van der Waals surface area contributed by atoms with Gasteiger partial charge in [-0.25, -0.2) is 4.79 Å². The van der Waals surface area contributed by atoms with Crippen molar-refractivity contribution < 1.29 is 19.1 Å². The van der Waals surface area contributed by atoms with Gasteiger partial charge in [0.1, 0.15) is 6.61 Å². The summed E-state index contributed by atoms with van der Waals surface area (Å²) in [7, 11) is 1.71. The zero-order valence-electron chi connectivity index (χ0n) is 17.2. The fourth-order valence-electron chi connectivity index (χ4n) is 3.08. The number of piperidine rings is 1. The van der Waals surface area contributed by atoms with E-state index in [9.17, 15) is 9.59 Å². The molecule has 1 aromatic carbocycles. The molecule has 1 unspecified atom stereocenters. The van der Waals surface area contributed by atoms with E-state index in [4.69, 9.17) is 10.5 Å². The Morgan fingerprint density at radius 1 is 1.19 bits per heavy atom. The monoisotopic (exact) mass is 378 g/mol. The first-order valence-electron chi connectivity index (χ1n) is 9.40. The molecule has 2 N–H and O–H groups in total. The summed E-state index contributed by atoms with van der Waals surface area (Å²) in [5, 5.41) is 0. The molecule has 2 aliphatic heterocycles. The summed E-state index contributed by atoms with van der Waals surface area (Å²) in [5.74, 6) is 0.847. The van der Waals surface area contributed by atoms with Crippen LogP contribution >= 0.6 is 0 Å². The summed E-state index contributed by atoms with van der Waals surface area (Å²) >= 11 is 0. The number of carbonyl (C=O) groups excluding carboxylic acids is 2. The van der Waals surface area contributed by atoms with Gasteiger partial charge < -0.3 is 20.1 Å². The number of amides is 2. The van der Waals surface area contributed by atoms with Crippen molar-refractivity contribution in [3.8, 4) is 0 Å². The highest BCUT2D eigenvalue weighted by atomic mass is 16.5. The van der Waals surface area contributed by atoms with Gasteiger partial charge in [0.05, 0.1) is 5.60 Å². The van der Waals surface area contributed by atoms with Gasteiger partial charge in [-0.3, -0.25) is 4.79 Å². The predicted molar refractivity (Wildman–Crippen MR) is 106 cm³/mol. The normalized spacial score (nSPS) is 22.9. The molecule has 0 radical (unpaired) electrons. The smallest absolute Gasteiger partial charge is 0.404 e. The van der Waals surface area contributed by atoms with E-state index in [1.54, 1.807) is 7.11 Å². The van der Waals surface area contributed by atoms with Crippen molar-refractivity contribution >= 4 is 12.5 Å². The number of nitrogens with two attached hydrogens (primary N) is 1. The number of rotatable bonds is 3. The second kappa shape index (κ2) is 10.9. The molecule has 1 aromatic rings. The van der Waals surface area contributed by atoms with E-state index in [1.807, 2.05) is 56.0 Å². The van der Waals surface area contributed by atoms with Gasteiger partial charge in [-0.1, -0.05) is 37.3 Å². The molecule has 3 aliphatic rings. The van der Waals surface area contributed by atoms with Crippen molar-refractivity contribution in [2.24, 2.45) is 11.7 Å². The van der Waals surface area contributed by atoms with Crippen LogP contribution in [0.2, 0.25) is 0 Å². The summed E-state index contributed by atoms with van der Waals surface area (Å²) in [6, 6.07) is 10.6. The summed E-state index contributed by atoms with van der Waals surface area (Å²) in [6.45, 7) is 8.59. The Balaban J connectivity index is 0.000000212. The van der Waals surface area contributed by atoms with E-state index < -0.39 is 6.09 Å². The third kappa shape index (κ3) is 8.91. The Morgan fingerprint density at radius 2 is 1.70 bits per heavy atom. The van der Waals surface area contributed by atoms with Gasteiger partial charge in [0.15, 0.2) is 0 Å². The van der Waals surface area contributed by atoms with Crippen molar-refractivity contribution in [1.82, 2.24) is 4.90 Å². The Morgan fingerprint density at radius 3 is 2.11 bits per heavy atom. The zero-order chi connectivity index (χ0) is 20.4. The lowest BCUT2D eigenvalue weighted by molar-refractivity contribution is -0.136. The van der Waals surface area contributed by atoms with Crippen LogP contribution in [-0.2, 0) is 20.9 Å². The van der Waals surface area contributed by atoms with Crippen LogP contribution in [0.4, 0.5) is 4.79 Å². The molecule has 3 atom stereocenters. The Labute approximate surface area is 163 Å². The maximum absolute atomic E-state index is 10.4. The zero-order valence-corrected chi connectivity index (χ0v) is 17.2. The second-order valence-corrected chi connectivity index (χ2v) is 8.08. The number of hydrogen-bond donors (Lipinski definition) is 1. The van der Waals surface area contributed by atoms with E-state index in [1.165, 1.54) is 19.3 Å². The fourth-order valence-corrected chi connectivity index (χ4v) is 3.08. The SMILES string of the molecule is CC1C[C@@H]2C[C@H](C1)N2C=O.COC(C)(C)C.NC(=O)OCc1ccccc1. The largest absolute Gasteiger partial charge is 0.445 e. The van der Waals surface area contributed by atoms with Gasteiger partial charge in [-0.05, 0) is 51.5 Å². The topological polar surface area (TPSA) is 81.9 Å². The molecular weight excluding hydrogens is 344 g/mol. The minimum Gasteiger partial charge on any atom is -0.445 e. The minimum atomic E-state index is -0.742. The lowest BCUT2D eigenvalue weighted by Gasteiger charge is -2.53. The van der Waals surface area contributed by atoms with Crippen LogP contribution in [0.1, 0.15) is 52.5 Å². The Bertz CT molecular complexity index is 559. The summed E-state index contributed by atoms with van der Waals surface area (Å²) in [6.07, 6.45) is 4.01. The first-order chi connectivity index (χ1) is 12.7. The van der Waals surface area contributed by atoms with Crippen LogP contribution in [0, 0.1) is 5.92 Å². The number of ether oxygens (including phenoxy) is 2. The van der Waals surface area contributed by atoms with Gasteiger partial charge >= 0.3 is 6.09 Å². The highest BCUT2D eigenvalue weighted by molar-refractivity contribution is 5.64. The Hall–Kier alpha value is -2.08. The van der Waals surface area contributed by atoms with Crippen LogP contribution in [-0.4, -0.2) is 42.2 Å². The van der Waals surface area contributed by atoms with Crippen molar-refractivity contribution in [3.05, 3.63) is 35.9 Å². The first-order valence-corrected chi connectivity index (χ1v) is 9.40. The van der Waals surface area contributed by atoms with Crippen molar-refractivity contribution in [2.75, 3.05) is 7.11 Å². The quantitative estimate of drug-likeness (QED) is 0.813. The van der Waals surface area contributed by atoms with E-state index in [0.717, 1.165) is 17.9 Å². The maximum Gasteiger partial charge on any atom is 0.404 e. The van der Waals surface area contributed by atoms with Gasteiger partial charge in [-0.2, -0.15) is 0 Å². The molecule has 2 amide bonds. The number of carbonyl (C=O) groups is 2. The minimum absolute atomic E-state index is 0.0417. The molecule has 6 heteroatoms. The van der Waals surface area contributed by atoms with Gasteiger partial charge in [0, 0.05) is 19.2 Å². The predicted octanol–water partition coefficient (Wildman–Crippen LogP) is 3.73. The van der Waals surface area contributed by atoms with E-state index in [2.05, 4.69) is 11.7 Å². The van der Waals surface area contributed by atoms with Gasteiger partial charge in [0.25, 0.3) is 0 Å². The van der Waals surface area contributed by atoms with Crippen LogP contribution in [0.5, 0.6) is 0 Å². The highest BCUT2D eigenvalue weighted by Crippen LogP contribution is 2.39. The maximum atomic E-state index is 10.4. The van der Waals surface area contributed by atoms with Crippen LogP contribution in [0.3, 0.4) is 0 Å². The molecule has 6 nitrogen and oxygen atoms in total. The summed E-state index contributed by atoms with van der Waals surface area (Å²) in [4.78, 5) is 22.6. The van der Waals surface area contributed by atoms with Crippen molar-refractivity contribution in [1.29, 1.82) is 0 Å². The van der Waals surface area contributed by atoms with Crippen LogP contribution < -0.4 is 5.73 Å². The summed E-state index contributed by atoms with van der Waals surface area (Å²) < 4.78 is 9.50. The molecule has 1 saturated carbocycles. The van der Waals surface area contributed by atoms with Gasteiger partial charge in [0.2, 0.25) is 6.41 Å². The highest BCUT2D eigenvalue weighted by Gasteiger charge is 2.42. The molecule has 1 aliphatic carbocycles. The molecule has 4 rings (SSSR count). The number of benzene rings is 1. The third-order valence-electron chi connectivity index (χ3n) is 4.69. The van der Waals surface area contributed by atoms with Crippen molar-refractivity contribution in [3.63, 3.8) is 0 Å². The molecule has 0 spiro atoms. The molecule has 0 aromatic heterocycles. The van der Waals surface area contributed by atoms with Crippen LogP contribution in [0.15, 0.2) is 30.3 Å². The number of nitrogens with zero attached hydrogens (tertiary/aromatic N) is 1. The fraction of sp³-hybridized carbons (Fsp3) is 0.619. The molecule has 27 heavy (non-hydrogen) atoms. The standard InChI is InChI=1S/C8H9NO2.C8H13NO.C5H12O/c9-8(10)11-6-7-4-2-1-3-5-7;1-6-2-7-4-8(3-6)9(7)5-10;1-5(2,3)6-4/h1-5H,6H2,(H2,9,10);5-8H,2-4H2,1H3;1-4H3/t;6?,7-,8+;. The van der Waals surface area contributed by atoms with E-state index >= 15 is 0 Å². The lowest BCUT2D eigenvalue weighted by atomic mass is 9.75. The van der Waals surface area contributed by atoms with Gasteiger partial charge in [-0.15, -0.1) is 0 Å². The average molecular weight is 379 g/mol. The number of hydrogen-bond acceptors (Lipinski definition) is 4. The third-order valence-corrected chi connectivity index (χ3v) is 4.69. The average Bonchev–Trinajstić information content (AvgIpc) is 2.61. The number of primary amides is 1. The number of fused-ring (bicyclic) bond motifs is 2. The first kappa shape index (κ1) is 23.0. The van der Waals surface area contributed by atoms with Crippen LogP contribution in [0.25, 0.3) is 0 Å². The molecule has 2 heterocycles.